The van der Waals surface area contributed by atoms with Gasteiger partial charge in [-0.05, 0) is 49.2 Å². The summed E-state index contributed by atoms with van der Waals surface area (Å²) >= 11 is 9.62. The molecule has 102 valence electrons. The van der Waals surface area contributed by atoms with Crippen molar-refractivity contribution >= 4 is 38.6 Å². The predicted molar refractivity (Wildman–Crippen MR) is 87.8 cm³/mol. The van der Waals surface area contributed by atoms with E-state index < -0.39 is 0 Å². The van der Waals surface area contributed by atoms with Gasteiger partial charge in [-0.15, -0.1) is 11.6 Å². The topological polar surface area (TPSA) is 17.8 Å². The minimum Gasteiger partial charge on any atom is -0.295 e. The van der Waals surface area contributed by atoms with E-state index in [-0.39, 0.29) is 0 Å². The summed E-state index contributed by atoms with van der Waals surface area (Å²) in [7, 11) is 0. The van der Waals surface area contributed by atoms with Crippen molar-refractivity contribution in [2.24, 2.45) is 0 Å². The van der Waals surface area contributed by atoms with Gasteiger partial charge in [0.05, 0.1) is 22.6 Å². The molecule has 0 saturated carbocycles. The molecular formula is C16H14BrClN2. The molecule has 20 heavy (non-hydrogen) atoms. The standard InChI is InChI=1S/C16H14BrClN2/c1-10-3-4-11(2)14(7-10)20-15-8-12(17)5-6-13(15)19-16(20)9-18/h3-8H,9H2,1-2H3. The highest BCUT2D eigenvalue weighted by molar-refractivity contribution is 9.10. The Hall–Kier alpha value is -1.32. The van der Waals surface area contributed by atoms with Crippen LogP contribution in [-0.2, 0) is 5.88 Å². The van der Waals surface area contributed by atoms with E-state index in [1.807, 2.05) is 12.1 Å². The lowest BCUT2D eigenvalue weighted by atomic mass is 10.1. The summed E-state index contributed by atoms with van der Waals surface area (Å²) in [5, 5.41) is 0. The number of rotatable bonds is 2. The molecule has 0 N–H and O–H groups in total. The normalized spacial score (nSPS) is 11.2. The van der Waals surface area contributed by atoms with Crippen LogP contribution in [0.15, 0.2) is 40.9 Å². The molecule has 0 aliphatic heterocycles. The Kier molecular flexibility index (Phi) is 3.57. The van der Waals surface area contributed by atoms with Gasteiger partial charge in [0.15, 0.2) is 0 Å². The van der Waals surface area contributed by atoms with Crippen LogP contribution in [0.4, 0.5) is 0 Å². The van der Waals surface area contributed by atoms with Crippen molar-refractivity contribution < 1.29 is 0 Å². The third-order valence-corrected chi connectivity index (χ3v) is 4.14. The molecule has 3 aromatic rings. The van der Waals surface area contributed by atoms with Crippen LogP contribution in [-0.4, -0.2) is 9.55 Å². The van der Waals surface area contributed by atoms with Crippen molar-refractivity contribution in [1.29, 1.82) is 0 Å². The van der Waals surface area contributed by atoms with Crippen molar-refractivity contribution in [3.63, 3.8) is 0 Å². The Morgan fingerprint density at radius 2 is 1.95 bits per heavy atom. The smallest absolute Gasteiger partial charge is 0.129 e. The van der Waals surface area contributed by atoms with E-state index >= 15 is 0 Å². The van der Waals surface area contributed by atoms with Crippen LogP contribution in [0.2, 0.25) is 0 Å². The van der Waals surface area contributed by atoms with E-state index in [0.29, 0.717) is 5.88 Å². The van der Waals surface area contributed by atoms with Crippen LogP contribution in [0, 0.1) is 13.8 Å². The zero-order valence-electron chi connectivity index (χ0n) is 11.3. The Balaban J connectivity index is 2.39. The Bertz CT molecular complexity index is 793. The highest BCUT2D eigenvalue weighted by Crippen LogP contribution is 2.27. The highest BCUT2D eigenvalue weighted by Gasteiger charge is 2.13. The summed E-state index contributed by atoms with van der Waals surface area (Å²) in [6.45, 7) is 4.20. The number of alkyl halides is 1. The molecule has 2 nitrogen and oxygen atoms in total. The van der Waals surface area contributed by atoms with E-state index in [4.69, 9.17) is 11.6 Å². The number of hydrogen-bond acceptors (Lipinski definition) is 1. The average molecular weight is 350 g/mol. The predicted octanol–water partition coefficient (Wildman–Crippen LogP) is 5.14. The Morgan fingerprint density at radius 3 is 2.70 bits per heavy atom. The summed E-state index contributed by atoms with van der Waals surface area (Å²) in [4.78, 5) is 4.63. The molecule has 0 aliphatic rings. The van der Waals surface area contributed by atoms with Gasteiger partial charge in [-0.3, -0.25) is 4.57 Å². The van der Waals surface area contributed by atoms with Gasteiger partial charge in [0.1, 0.15) is 5.82 Å². The maximum atomic E-state index is 6.09. The molecule has 0 fully saturated rings. The summed E-state index contributed by atoms with van der Waals surface area (Å²) in [5.41, 5.74) is 5.61. The first-order valence-electron chi connectivity index (χ1n) is 6.40. The summed E-state index contributed by atoms with van der Waals surface area (Å²) in [6, 6.07) is 12.5. The zero-order valence-corrected chi connectivity index (χ0v) is 13.7. The maximum absolute atomic E-state index is 6.09. The van der Waals surface area contributed by atoms with Gasteiger partial charge in [-0.2, -0.15) is 0 Å². The molecule has 0 unspecified atom stereocenters. The van der Waals surface area contributed by atoms with Crippen LogP contribution in [0.25, 0.3) is 16.7 Å². The molecule has 4 heteroatoms. The second-order valence-corrected chi connectivity index (χ2v) is 6.10. The van der Waals surface area contributed by atoms with Gasteiger partial charge in [-0.1, -0.05) is 28.1 Å². The van der Waals surface area contributed by atoms with Gasteiger partial charge in [0.25, 0.3) is 0 Å². The Morgan fingerprint density at radius 1 is 1.15 bits per heavy atom. The van der Waals surface area contributed by atoms with Gasteiger partial charge in [-0.25, -0.2) is 4.98 Å². The molecule has 0 atom stereocenters. The fourth-order valence-electron chi connectivity index (χ4n) is 2.42. The van der Waals surface area contributed by atoms with E-state index in [1.165, 1.54) is 11.1 Å². The van der Waals surface area contributed by atoms with Crippen LogP contribution >= 0.6 is 27.5 Å². The van der Waals surface area contributed by atoms with E-state index in [9.17, 15) is 0 Å². The van der Waals surface area contributed by atoms with Crippen molar-refractivity contribution in [1.82, 2.24) is 9.55 Å². The molecule has 1 aromatic heterocycles. The lowest BCUT2D eigenvalue weighted by Crippen LogP contribution is -2.02. The number of fused-ring (bicyclic) bond motifs is 1. The first-order chi connectivity index (χ1) is 9.60. The number of nitrogens with zero attached hydrogens (tertiary/aromatic N) is 2. The number of aryl methyl sites for hydroxylation is 2. The lowest BCUT2D eigenvalue weighted by molar-refractivity contribution is 0.970. The highest BCUT2D eigenvalue weighted by atomic mass is 79.9. The fourth-order valence-corrected chi connectivity index (χ4v) is 2.95. The van der Waals surface area contributed by atoms with Crippen LogP contribution in [0.1, 0.15) is 17.0 Å². The molecule has 0 spiro atoms. The number of aromatic nitrogens is 2. The van der Waals surface area contributed by atoms with Crippen molar-refractivity contribution in [3.8, 4) is 5.69 Å². The van der Waals surface area contributed by atoms with Crippen molar-refractivity contribution in [3.05, 3.63) is 57.8 Å². The number of imidazole rings is 1. The van der Waals surface area contributed by atoms with Crippen LogP contribution in [0.5, 0.6) is 0 Å². The minimum absolute atomic E-state index is 0.389. The zero-order chi connectivity index (χ0) is 14.3. The van der Waals surface area contributed by atoms with Crippen LogP contribution < -0.4 is 0 Å². The average Bonchev–Trinajstić information content (AvgIpc) is 2.79. The van der Waals surface area contributed by atoms with Gasteiger partial charge < -0.3 is 0 Å². The summed E-state index contributed by atoms with van der Waals surface area (Å²) < 4.78 is 3.19. The van der Waals surface area contributed by atoms with E-state index in [0.717, 1.165) is 27.0 Å². The number of hydrogen-bond donors (Lipinski definition) is 0. The van der Waals surface area contributed by atoms with Crippen LogP contribution in [0.3, 0.4) is 0 Å². The summed E-state index contributed by atoms with van der Waals surface area (Å²) in [6.07, 6.45) is 0. The van der Waals surface area contributed by atoms with Gasteiger partial charge in [0, 0.05) is 4.47 Å². The van der Waals surface area contributed by atoms with Gasteiger partial charge >= 0.3 is 0 Å². The SMILES string of the molecule is Cc1ccc(C)c(-n2c(CCl)nc3ccc(Br)cc32)c1. The monoisotopic (exact) mass is 348 g/mol. The lowest BCUT2D eigenvalue weighted by Gasteiger charge is -2.12. The summed E-state index contributed by atoms with van der Waals surface area (Å²) in [5.74, 6) is 1.26. The minimum atomic E-state index is 0.389. The molecule has 0 amide bonds. The second-order valence-electron chi connectivity index (χ2n) is 4.92. The number of halogens is 2. The van der Waals surface area contributed by atoms with Gasteiger partial charge in [0.2, 0.25) is 0 Å². The van der Waals surface area contributed by atoms with E-state index in [1.54, 1.807) is 0 Å². The number of benzene rings is 2. The molecule has 0 saturated heterocycles. The third kappa shape index (κ3) is 2.25. The van der Waals surface area contributed by atoms with Crippen molar-refractivity contribution in [2.75, 3.05) is 0 Å². The third-order valence-electron chi connectivity index (χ3n) is 3.41. The molecule has 1 heterocycles. The first-order valence-corrected chi connectivity index (χ1v) is 7.73. The Labute approximate surface area is 131 Å². The first kappa shape index (κ1) is 13.7. The molecule has 0 radical (unpaired) electrons. The maximum Gasteiger partial charge on any atom is 0.129 e. The molecule has 0 bridgehead atoms. The molecule has 3 rings (SSSR count). The van der Waals surface area contributed by atoms with E-state index in [2.05, 4.69) is 63.6 Å². The molecule has 0 aliphatic carbocycles. The molecular weight excluding hydrogens is 336 g/mol. The largest absolute Gasteiger partial charge is 0.295 e. The second kappa shape index (κ2) is 5.23. The van der Waals surface area contributed by atoms with Crippen molar-refractivity contribution in [2.45, 2.75) is 19.7 Å². The quantitative estimate of drug-likeness (QED) is 0.585. The fraction of sp³-hybridized carbons (Fsp3) is 0.188. The molecule has 2 aromatic carbocycles.